The van der Waals surface area contributed by atoms with E-state index in [0.29, 0.717) is 5.69 Å². The molecule has 108 valence electrons. The Bertz CT molecular complexity index is 718. The number of hydrogen-bond donors (Lipinski definition) is 2. The van der Waals surface area contributed by atoms with Crippen LogP contribution in [0.25, 0.3) is 0 Å². The Hall–Kier alpha value is -2.63. The molecule has 0 aliphatic heterocycles. The van der Waals surface area contributed by atoms with Gasteiger partial charge in [-0.25, -0.2) is 0 Å². The van der Waals surface area contributed by atoms with Crippen molar-refractivity contribution in [3.8, 4) is 0 Å². The smallest absolute Gasteiger partial charge is 0.304 e. The number of nitrogens with two attached hydrogens (primary N) is 1. The van der Waals surface area contributed by atoms with E-state index in [-0.39, 0.29) is 6.04 Å². The Morgan fingerprint density at radius 2 is 2.10 bits per heavy atom. The first-order valence-corrected chi connectivity index (χ1v) is 6.63. The number of nitro groups is 1. The number of halogens is 1. The van der Waals surface area contributed by atoms with Gasteiger partial charge in [0.25, 0.3) is 0 Å². The van der Waals surface area contributed by atoms with Crippen molar-refractivity contribution in [3.63, 3.8) is 0 Å². The second-order valence-corrected chi connectivity index (χ2v) is 5.12. The van der Waals surface area contributed by atoms with Gasteiger partial charge in [0.1, 0.15) is 0 Å². The van der Waals surface area contributed by atoms with Crippen LogP contribution in [0.3, 0.4) is 0 Å². The maximum absolute atomic E-state index is 13.6. The van der Waals surface area contributed by atoms with Crippen LogP contribution in [0.2, 0.25) is 0 Å². The molecule has 1 unspecified atom stereocenters. The number of nitrogens with zero attached hydrogens (tertiary/aromatic N) is 1. The van der Waals surface area contributed by atoms with Gasteiger partial charge in [-0.3, -0.25) is 10.1 Å². The number of hydrogen-bond acceptors (Lipinski definition) is 4. The van der Waals surface area contributed by atoms with Gasteiger partial charge in [0.2, 0.25) is 5.82 Å². The zero-order valence-corrected chi connectivity index (χ0v) is 11.2. The SMILES string of the molecule is Nc1ccc2c(c1)CCC2Nc1ccc([N+](=O)[O-])c(F)c1. The lowest BCUT2D eigenvalue weighted by atomic mass is 10.1. The van der Waals surface area contributed by atoms with Crippen molar-refractivity contribution in [1.29, 1.82) is 0 Å². The van der Waals surface area contributed by atoms with E-state index < -0.39 is 16.4 Å². The molecule has 0 aromatic heterocycles. The number of fused-ring (bicyclic) bond motifs is 1. The summed E-state index contributed by atoms with van der Waals surface area (Å²) in [4.78, 5) is 9.88. The van der Waals surface area contributed by atoms with Gasteiger partial charge in [0.05, 0.1) is 11.0 Å². The van der Waals surface area contributed by atoms with Gasteiger partial charge >= 0.3 is 5.69 Å². The van der Waals surface area contributed by atoms with Gasteiger partial charge < -0.3 is 11.1 Å². The first-order valence-electron chi connectivity index (χ1n) is 6.63. The van der Waals surface area contributed by atoms with Gasteiger partial charge in [0.15, 0.2) is 0 Å². The van der Waals surface area contributed by atoms with Crippen LogP contribution in [0.5, 0.6) is 0 Å². The second kappa shape index (κ2) is 5.05. The van der Waals surface area contributed by atoms with Crippen molar-refractivity contribution in [2.45, 2.75) is 18.9 Å². The predicted molar refractivity (Wildman–Crippen MR) is 78.6 cm³/mol. The third-order valence-corrected chi connectivity index (χ3v) is 3.73. The van der Waals surface area contributed by atoms with E-state index in [1.165, 1.54) is 17.7 Å². The van der Waals surface area contributed by atoms with E-state index in [0.717, 1.165) is 30.2 Å². The molecule has 2 aromatic carbocycles. The molecule has 0 amide bonds. The quantitative estimate of drug-likeness (QED) is 0.515. The molecule has 1 aliphatic carbocycles. The van der Waals surface area contributed by atoms with E-state index in [1.807, 2.05) is 18.2 Å². The van der Waals surface area contributed by atoms with E-state index in [1.54, 1.807) is 0 Å². The zero-order chi connectivity index (χ0) is 15.0. The molecule has 6 heteroatoms. The first-order chi connectivity index (χ1) is 10.0. The lowest BCUT2D eigenvalue weighted by molar-refractivity contribution is -0.387. The average Bonchev–Trinajstić information content (AvgIpc) is 2.80. The molecule has 0 spiro atoms. The molecule has 1 atom stereocenters. The van der Waals surface area contributed by atoms with Crippen LogP contribution in [0.4, 0.5) is 21.5 Å². The van der Waals surface area contributed by atoms with E-state index in [4.69, 9.17) is 5.73 Å². The Balaban J connectivity index is 1.83. The molecule has 0 bridgehead atoms. The summed E-state index contributed by atoms with van der Waals surface area (Å²) < 4.78 is 13.6. The van der Waals surface area contributed by atoms with Crippen molar-refractivity contribution in [2.24, 2.45) is 0 Å². The number of benzene rings is 2. The molecule has 0 radical (unpaired) electrons. The van der Waals surface area contributed by atoms with Crippen LogP contribution >= 0.6 is 0 Å². The van der Waals surface area contributed by atoms with E-state index in [2.05, 4.69) is 5.32 Å². The van der Waals surface area contributed by atoms with Crippen LogP contribution in [-0.2, 0) is 6.42 Å². The van der Waals surface area contributed by atoms with Crippen LogP contribution in [0.1, 0.15) is 23.6 Å². The van der Waals surface area contributed by atoms with E-state index in [9.17, 15) is 14.5 Å². The normalized spacial score (nSPS) is 16.5. The Morgan fingerprint density at radius 1 is 1.29 bits per heavy atom. The number of nitrogens with one attached hydrogen (secondary N) is 1. The van der Waals surface area contributed by atoms with Gasteiger partial charge in [-0.05, 0) is 42.2 Å². The van der Waals surface area contributed by atoms with Crippen LogP contribution in [-0.4, -0.2) is 4.92 Å². The Kier molecular flexibility index (Phi) is 3.21. The number of nitro benzene ring substituents is 1. The molecule has 2 aromatic rings. The predicted octanol–water partition coefficient (Wildman–Crippen LogP) is 3.42. The van der Waals surface area contributed by atoms with Gasteiger partial charge in [-0.1, -0.05) is 6.07 Å². The zero-order valence-electron chi connectivity index (χ0n) is 11.2. The second-order valence-electron chi connectivity index (χ2n) is 5.12. The molecule has 5 nitrogen and oxygen atoms in total. The minimum absolute atomic E-state index is 0.0708. The summed E-state index contributed by atoms with van der Waals surface area (Å²) in [5, 5.41) is 13.8. The number of aryl methyl sites for hydroxylation is 1. The maximum Gasteiger partial charge on any atom is 0.304 e. The largest absolute Gasteiger partial charge is 0.399 e. The molecule has 3 rings (SSSR count). The van der Waals surface area contributed by atoms with Crippen molar-refractivity contribution in [2.75, 3.05) is 11.1 Å². The molecule has 0 saturated carbocycles. The highest BCUT2D eigenvalue weighted by Crippen LogP contribution is 2.35. The molecule has 0 fully saturated rings. The minimum Gasteiger partial charge on any atom is -0.399 e. The number of nitrogen functional groups attached to an aromatic ring is 1. The minimum atomic E-state index is -0.833. The fraction of sp³-hybridized carbons (Fsp3) is 0.200. The summed E-state index contributed by atoms with van der Waals surface area (Å²) in [6, 6.07) is 9.70. The van der Waals surface area contributed by atoms with Crippen molar-refractivity contribution < 1.29 is 9.31 Å². The Labute approximate surface area is 120 Å². The highest BCUT2D eigenvalue weighted by Gasteiger charge is 2.23. The summed E-state index contributed by atoms with van der Waals surface area (Å²) in [5.41, 5.74) is 8.84. The summed E-state index contributed by atoms with van der Waals surface area (Å²) in [6.07, 6.45) is 1.80. The Morgan fingerprint density at radius 3 is 2.81 bits per heavy atom. The third kappa shape index (κ3) is 2.52. The molecule has 0 heterocycles. The first kappa shape index (κ1) is 13.4. The van der Waals surface area contributed by atoms with Crippen molar-refractivity contribution >= 4 is 17.1 Å². The lowest BCUT2D eigenvalue weighted by Crippen LogP contribution is -2.07. The fourth-order valence-electron chi connectivity index (χ4n) is 2.73. The summed E-state index contributed by atoms with van der Waals surface area (Å²) in [5.74, 6) is -0.833. The van der Waals surface area contributed by atoms with E-state index >= 15 is 0 Å². The maximum atomic E-state index is 13.6. The summed E-state index contributed by atoms with van der Waals surface area (Å²) in [7, 11) is 0. The average molecular weight is 287 g/mol. The summed E-state index contributed by atoms with van der Waals surface area (Å²) in [6.45, 7) is 0. The number of anilines is 2. The third-order valence-electron chi connectivity index (χ3n) is 3.73. The standard InChI is InChI=1S/C15H14FN3O2/c16-13-8-11(3-6-15(13)19(20)21)18-14-5-1-9-7-10(17)2-4-12(9)14/h2-4,6-8,14,18H,1,5,17H2. The highest BCUT2D eigenvalue weighted by atomic mass is 19.1. The number of rotatable bonds is 3. The fourth-order valence-corrected chi connectivity index (χ4v) is 2.73. The highest BCUT2D eigenvalue weighted by molar-refractivity contribution is 5.54. The van der Waals surface area contributed by atoms with Crippen LogP contribution in [0.15, 0.2) is 36.4 Å². The van der Waals surface area contributed by atoms with Gasteiger partial charge in [-0.2, -0.15) is 4.39 Å². The molecule has 1 aliphatic rings. The summed E-state index contributed by atoms with van der Waals surface area (Å²) >= 11 is 0. The molecule has 3 N–H and O–H groups in total. The topological polar surface area (TPSA) is 81.2 Å². The van der Waals surface area contributed by atoms with Crippen LogP contribution < -0.4 is 11.1 Å². The molecular weight excluding hydrogens is 273 g/mol. The molecular formula is C15H14FN3O2. The van der Waals surface area contributed by atoms with Crippen molar-refractivity contribution in [3.05, 3.63) is 63.5 Å². The van der Waals surface area contributed by atoms with Gasteiger partial charge in [-0.15, -0.1) is 0 Å². The molecule has 0 saturated heterocycles. The van der Waals surface area contributed by atoms with Crippen molar-refractivity contribution in [1.82, 2.24) is 0 Å². The lowest BCUT2D eigenvalue weighted by Gasteiger charge is -2.15. The van der Waals surface area contributed by atoms with Gasteiger partial charge in [0, 0.05) is 23.5 Å². The monoisotopic (exact) mass is 287 g/mol. The van der Waals surface area contributed by atoms with Crippen LogP contribution in [0, 0.1) is 15.9 Å². The molecule has 21 heavy (non-hydrogen) atoms.